The minimum Gasteiger partial charge on any atom is -0.508 e. The van der Waals surface area contributed by atoms with Crippen molar-refractivity contribution in [1.82, 2.24) is 0 Å². The van der Waals surface area contributed by atoms with E-state index in [1.54, 1.807) is 0 Å². The van der Waals surface area contributed by atoms with Gasteiger partial charge in [-0.2, -0.15) is 0 Å². The Bertz CT molecular complexity index is 613. The van der Waals surface area contributed by atoms with Crippen LogP contribution in [0.1, 0.15) is 12.0 Å². The fourth-order valence-corrected chi connectivity index (χ4v) is 3.18. The van der Waals surface area contributed by atoms with E-state index >= 15 is 0 Å². The Kier molecular flexibility index (Phi) is 2.66. The zero-order chi connectivity index (χ0) is 12.6. The number of fused-ring (bicyclic) bond motifs is 1. The third kappa shape index (κ3) is 2.16. The standard InChI is InChI=1S/C11H10O5S/c12-9-1-2-10-8(6-9)5-7(11(13)14)3-4-17(10,15)16/h1-2,5-6,12H,3-4H2,(H,13,14). The molecule has 2 N–H and O–H groups in total. The number of carboxylic acid groups (broad SMARTS) is 1. The molecule has 1 aromatic rings. The van der Waals surface area contributed by atoms with Crippen LogP contribution in [0.25, 0.3) is 6.08 Å². The van der Waals surface area contributed by atoms with Crippen LogP contribution in [0.2, 0.25) is 0 Å². The summed E-state index contributed by atoms with van der Waals surface area (Å²) in [5, 5.41) is 18.2. The number of hydrogen-bond donors (Lipinski definition) is 2. The largest absolute Gasteiger partial charge is 0.508 e. The van der Waals surface area contributed by atoms with Gasteiger partial charge in [-0.25, -0.2) is 13.2 Å². The number of phenols is 1. The summed E-state index contributed by atoms with van der Waals surface area (Å²) < 4.78 is 23.7. The zero-order valence-corrected chi connectivity index (χ0v) is 9.57. The van der Waals surface area contributed by atoms with Crippen LogP contribution in [-0.2, 0) is 14.6 Å². The van der Waals surface area contributed by atoms with Gasteiger partial charge in [-0.1, -0.05) is 0 Å². The van der Waals surface area contributed by atoms with E-state index in [1.165, 1.54) is 24.3 Å². The van der Waals surface area contributed by atoms with Crippen LogP contribution < -0.4 is 0 Å². The van der Waals surface area contributed by atoms with Crippen molar-refractivity contribution in [2.24, 2.45) is 0 Å². The molecular formula is C11H10O5S. The SMILES string of the molecule is O=C(O)C1=Cc2cc(O)ccc2S(=O)(=O)CC1. The summed E-state index contributed by atoms with van der Waals surface area (Å²) in [6.45, 7) is 0. The molecule has 0 bridgehead atoms. The first-order valence-electron chi connectivity index (χ1n) is 4.90. The maximum absolute atomic E-state index is 11.9. The van der Waals surface area contributed by atoms with Gasteiger partial charge in [-0.05, 0) is 36.3 Å². The minimum atomic E-state index is -3.49. The summed E-state index contributed by atoms with van der Waals surface area (Å²) in [6.07, 6.45) is 1.26. The molecule has 1 aromatic carbocycles. The number of rotatable bonds is 1. The topological polar surface area (TPSA) is 91.7 Å². The highest BCUT2D eigenvalue weighted by atomic mass is 32.2. The van der Waals surface area contributed by atoms with Crippen molar-refractivity contribution in [2.45, 2.75) is 11.3 Å². The number of benzene rings is 1. The molecule has 2 rings (SSSR count). The molecule has 1 aliphatic rings. The van der Waals surface area contributed by atoms with Crippen LogP contribution in [0.3, 0.4) is 0 Å². The summed E-state index contributed by atoms with van der Waals surface area (Å²) >= 11 is 0. The molecule has 1 aliphatic heterocycles. The highest BCUT2D eigenvalue weighted by Gasteiger charge is 2.24. The molecule has 0 spiro atoms. The first kappa shape index (κ1) is 11.7. The predicted molar refractivity (Wildman–Crippen MR) is 60.4 cm³/mol. The van der Waals surface area contributed by atoms with Crippen molar-refractivity contribution in [3.05, 3.63) is 29.3 Å². The third-order valence-corrected chi connectivity index (χ3v) is 4.36. The van der Waals surface area contributed by atoms with E-state index in [1.807, 2.05) is 0 Å². The molecule has 0 saturated carbocycles. The number of carbonyl (C=O) groups is 1. The van der Waals surface area contributed by atoms with E-state index < -0.39 is 15.8 Å². The van der Waals surface area contributed by atoms with Crippen LogP contribution in [0.4, 0.5) is 0 Å². The first-order valence-corrected chi connectivity index (χ1v) is 6.55. The number of aliphatic carboxylic acids is 1. The monoisotopic (exact) mass is 254 g/mol. The Morgan fingerprint density at radius 2 is 2.00 bits per heavy atom. The Hall–Kier alpha value is -1.82. The second-order valence-corrected chi connectivity index (χ2v) is 5.84. The van der Waals surface area contributed by atoms with Gasteiger partial charge in [-0.15, -0.1) is 0 Å². The summed E-state index contributed by atoms with van der Waals surface area (Å²) in [5.74, 6) is -1.47. The lowest BCUT2D eigenvalue weighted by Crippen LogP contribution is -2.08. The van der Waals surface area contributed by atoms with Crippen LogP contribution in [0.5, 0.6) is 5.75 Å². The summed E-state index contributed by atoms with van der Waals surface area (Å²) in [7, 11) is -3.49. The van der Waals surface area contributed by atoms with Crippen LogP contribution in [0.15, 0.2) is 28.7 Å². The van der Waals surface area contributed by atoms with Gasteiger partial charge < -0.3 is 10.2 Å². The molecule has 5 nitrogen and oxygen atoms in total. The number of carboxylic acids is 1. The smallest absolute Gasteiger partial charge is 0.331 e. The Labute approximate surface area is 97.9 Å². The molecule has 1 heterocycles. The zero-order valence-electron chi connectivity index (χ0n) is 8.75. The summed E-state index contributed by atoms with van der Waals surface area (Å²) in [5.41, 5.74) is 0.248. The maximum atomic E-state index is 11.9. The highest BCUT2D eigenvalue weighted by Crippen LogP contribution is 2.28. The summed E-state index contributed by atoms with van der Waals surface area (Å²) in [6, 6.07) is 3.82. The van der Waals surface area contributed by atoms with Crippen molar-refractivity contribution < 1.29 is 23.4 Å². The molecule has 0 saturated heterocycles. The van der Waals surface area contributed by atoms with E-state index in [0.717, 1.165) is 0 Å². The van der Waals surface area contributed by atoms with Crippen molar-refractivity contribution in [3.63, 3.8) is 0 Å². The molecule has 0 amide bonds. The Morgan fingerprint density at radius 1 is 1.29 bits per heavy atom. The van der Waals surface area contributed by atoms with Gasteiger partial charge in [0.1, 0.15) is 5.75 Å². The van der Waals surface area contributed by atoms with Gasteiger partial charge in [0, 0.05) is 5.57 Å². The highest BCUT2D eigenvalue weighted by molar-refractivity contribution is 7.91. The number of sulfone groups is 1. The Balaban J connectivity index is 2.69. The molecular weight excluding hydrogens is 244 g/mol. The van der Waals surface area contributed by atoms with Gasteiger partial charge >= 0.3 is 5.97 Å². The number of phenolic OH excluding ortho intramolecular Hbond substituents is 1. The maximum Gasteiger partial charge on any atom is 0.331 e. The van der Waals surface area contributed by atoms with Crippen molar-refractivity contribution >= 4 is 21.9 Å². The van der Waals surface area contributed by atoms with E-state index in [2.05, 4.69) is 0 Å². The molecule has 17 heavy (non-hydrogen) atoms. The van der Waals surface area contributed by atoms with Crippen molar-refractivity contribution in [3.8, 4) is 5.75 Å². The number of hydrogen-bond acceptors (Lipinski definition) is 4. The van der Waals surface area contributed by atoms with Crippen LogP contribution in [0, 0.1) is 0 Å². The van der Waals surface area contributed by atoms with Crippen molar-refractivity contribution in [2.75, 3.05) is 5.75 Å². The first-order chi connectivity index (χ1) is 7.90. The normalized spacial score (nSPS) is 17.8. The van der Waals surface area contributed by atoms with E-state index in [4.69, 9.17) is 5.11 Å². The second kappa shape index (κ2) is 3.89. The van der Waals surface area contributed by atoms with Crippen LogP contribution in [-0.4, -0.2) is 30.4 Å². The molecule has 90 valence electrons. The molecule has 0 aromatic heterocycles. The van der Waals surface area contributed by atoms with Crippen LogP contribution >= 0.6 is 0 Å². The van der Waals surface area contributed by atoms with Gasteiger partial charge in [0.15, 0.2) is 9.84 Å². The second-order valence-electron chi connectivity index (χ2n) is 3.77. The molecule has 0 aliphatic carbocycles. The van der Waals surface area contributed by atoms with Gasteiger partial charge in [0.2, 0.25) is 0 Å². The Morgan fingerprint density at radius 3 is 2.65 bits per heavy atom. The fourth-order valence-electron chi connectivity index (χ4n) is 1.71. The van der Waals surface area contributed by atoms with Gasteiger partial charge in [0.25, 0.3) is 0 Å². The molecule has 0 atom stereocenters. The lowest BCUT2D eigenvalue weighted by atomic mass is 10.1. The van der Waals surface area contributed by atoms with Crippen molar-refractivity contribution in [1.29, 1.82) is 0 Å². The average Bonchev–Trinajstić information content (AvgIpc) is 2.35. The van der Waals surface area contributed by atoms with E-state index in [9.17, 15) is 18.3 Å². The number of aromatic hydroxyl groups is 1. The predicted octanol–water partition coefficient (Wildman–Crippen LogP) is 1.04. The molecule has 6 heteroatoms. The van der Waals surface area contributed by atoms with E-state index in [0.29, 0.717) is 0 Å². The average molecular weight is 254 g/mol. The van der Waals surface area contributed by atoms with E-state index in [-0.39, 0.29) is 34.0 Å². The minimum absolute atomic E-state index is 0.0259. The summed E-state index contributed by atoms with van der Waals surface area (Å²) in [4.78, 5) is 10.9. The molecule has 0 radical (unpaired) electrons. The quantitative estimate of drug-likeness (QED) is 0.781. The third-order valence-electron chi connectivity index (χ3n) is 2.57. The molecule has 0 unspecified atom stereocenters. The van der Waals surface area contributed by atoms with Gasteiger partial charge in [-0.3, -0.25) is 0 Å². The molecule has 0 fully saturated rings. The fraction of sp³-hybridized carbons (Fsp3) is 0.182. The van der Waals surface area contributed by atoms with Gasteiger partial charge in [0.05, 0.1) is 10.6 Å². The lowest BCUT2D eigenvalue weighted by molar-refractivity contribution is -0.132. The lowest BCUT2D eigenvalue weighted by Gasteiger charge is -2.04.